The van der Waals surface area contributed by atoms with E-state index in [-0.39, 0.29) is 11.1 Å². The van der Waals surface area contributed by atoms with Gasteiger partial charge in [-0.15, -0.1) is 0 Å². The molecule has 1 aliphatic rings. The first-order chi connectivity index (χ1) is 12.5. The number of amides is 3. The summed E-state index contributed by atoms with van der Waals surface area (Å²) in [7, 11) is 0. The molecule has 2 atom stereocenters. The monoisotopic (exact) mass is 420 g/mol. The van der Waals surface area contributed by atoms with Gasteiger partial charge in [-0.3, -0.25) is 24.1 Å². The molecule has 0 aromatic heterocycles. The van der Waals surface area contributed by atoms with Crippen LogP contribution in [0.1, 0.15) is 34.1 Å². The van der Waals surface area contributed by atoms with Gasteiger partial charge in [0.05, 0.1) is 11.1 Å². The molecule has 6 nitrogen and oxygen atoms in total. The van der Waals surface area contributed by atoms with E-state index >= 15 is 0 Å². The summed E-state index contributed by atoms with van der Waals surface area (Å²) in [4.78, 5) is 48.0. The van der Waals surface area contributed by atoms with Gasteiger partial charge < -0.3 is 5.32 Å². The van der Waals surface area contributed by atoms with Crippen molar-refractivity contribution < 1.29 is 32.3 Å². The number of halogens is 3. The molecule has 0 radical (unpaired) electrons. The Morgan fingerprint density at radius 1 is 1.19 bits per heavy atom. The van der Waals surface area contributed by atoms with E-state index in [1.807, 2.05) is 0 Å². The van der Waals surface area contributed by atoms with E-state index in [0.717, 1.165) is 11.8 Å². The van der Waals surface area contributed by atoms with E-state index in [1.165, 1.54) is 12.1 Å². The van der Waals surface area contributed by atoms with Gasteiger partial charge in [0.15, 0.2) is 0 Å². The molecule has 0 aliphatic carbocycles. The summed E-state index contributed by atoms with van der Waals surface area (Å²) >= 11 is 4.03. The lowest BCUT2D eigenvalue weighted by Crippen LogP contribution is -2.48. The Kier molecular flexibility index (Phi) is 6.58. The minimum absolute atomic E-state index is 0.151. The van der Waals surface area contributed by atoms with Crippen LogP contribution in [0, 0.1) is 0 Å². The number of rotatable bonds is 6. The summed E-state index contributed by atoms with van der Waals surface area (Å²) in [6.07, 6.45) is -5.46. The minimum atomic E-state index is -4.76. The molecule has 11 heteroatoms. The molecule has 0 saturated carbocycles. The molecule has 0 bridgehead atoms. The average molecular weight is 420 g/mol. The van der Waals surface area contributed by atoms with E-state index in [9.17, 15) is 32.3 Å². The molecular formula is C16H15F3N2O4S2. The normalized spacial score (nSPS) is 16.1. The van der Waals surface area contributed by atoms with Crippen molar-refractivity contribution in [3.05, 3.63) is 35.4 Å². The molecule has 0 fully saturated rings. The topological polar surface area (TPSA) is 83.6 Å². The zero-order chi connectivity index (χ0) is 20.4. The van der Waals surface area contributed by atoms with Crippen molar-refractivity contribution in [1.82, 2.24) is 10.2 Å². The van der Waals surface area contributed by atoms with Gasteiger partial charge in [0.2, 0.25) is 10.4 Å². The number of nitrogens with zero attached hydrogens (tertiary/aromatic N) is 1. The van der Waals surface area contributed by atoms with Crippen molar-refractivity contribution in [2.45, 2.75) is 30.8 Å². The molecule has 2 unspecified atom stereocenters. The maximum atomic E-state index is 13.2. The summed E-state index contributed by atoms with van der Waals surface area (Å²) in [6, 6.07) is 3.78. The summed E-state index contributed by atoms with van der Waals surface area (Å²) in [5.74, 6) is -2.18. The van der Waals surface area contributed by atoms with Crippen molar-refractivity contribution in [1.29, 1.82) is 0 Å². The number of alkyl halides is 3. The van der Waals surface area contributed by atoms with Gasteiger partial charge in [-0.1, -0.05) is 36.5 Å². The molecular weight excluding hydrogens is 405 g/mol. The SMILES string of the molecule is CC(=O)NC(CC(CN1C(=O)c2ccccc2C1=O)SC(=O)S)C(F)(F)F. The second-order valence-corrected chi connectivity index (χ2v) is 7.78. The smallest absolute Gasteiger partial charge is 0.345 e. The second-order valence-electron chi connectivity index (χ2n) is 5.80. The lowest BCUT2D eigenvalue weighted by molar-refractivity contribution is -0.162. The Morgan fingerprint density at radius 2 is 1.70 bits per heavy atom. The predicted molar refractivity (Wildman–Crippen MR) is 95.8 cm³/mol. The first kappa shape index (κ1) is 21.3. The third-order valence-corrected chi connectivity index (χ3v) is 5.00. The van der Waals surface area contributed by atoms with Crippen molar-refractivity contribution in [2.75, 3.05) is 6.54 Å². The quantitative estimate of drug-likeness (QED) is 0.546. The van der Waals surface area contributed by atoms with Crippen molar-refractivity contribution >= 4 is 46.6 Å². The molecule has 0 spiro atoms. The van der Waals surface area contributed by atoms with Crippen molar-refractivity contribution in [3.63, 3.8) is 0 Å². The number of nitrogens with one attached hydrogen (secondary N) is 1. The summed E-state index contributed by atoms with van der Waals surface area (Å²) < 4.78 is 38.8. The largest absolute Gasteiger partial charge is 0.408 e. The first-order valence-corrected chi connectivity index (χ1v) is 9.02. The lowest BCUT2D eigenvalue weighted by Gasteiger charge is -2.27. The van der Waals surface area contributed by atoms with E-state index in [4.69, 9.17) is 0 Å². The fraction of sp³-hybridized carbons (Fsp3) is 0.375. The van der Waals surface area contributed by atoms with Crippen molar-refractivity contribution in [2.24, 2.45) is 0 Å². The average Bonchev–Trinajstić information content (AvgIpc) is 2.78. The number of benzene rings is 1. The number of hydrogen-bond acceptors (Lipinski definition) is 5. The second kappa shape index (κ2) is 8.34. The Hall–Kier alpha value is -2.01. The molecule has 3 amide bonds. The Morgan fingerprint density at radius 3 is 2.11 bits per heavy atom. The number of fused-ring (bicyclic) bond motifs is 1. The predicted octanol–water partition coefficient (Wildman–Crippen LogP) is 2.89. The first-order valence-electron chi connectivity index (χ1n) is 7.69. The van der Waals surface area contributed by atoms with E-state index in [1.54, 1.807) is 17.4 Å². The van der Waals surface area contributed by atoms with Crippen LogP contribution in [0.2, 0.25) is 0 Å². The number of imide groups is 1. The van der Waals surface area contributed by atoms with Gasteiger partial charge >= 0.3 is 6.18 Å². The Bertz CT molecular complexity index is 750. The highest BCUT2D eigenvalue weighted by molar-refractivity contribution is 8.32. The standard InChI is InChI=1S/C16H15F3N2O4S2/c1-8(22)20-12(16(17,18)19)6-9(27-15(25)26)7-21-13(23)10-4-2-3-5-11(10)14(21)24/h2-5,9,12H,6-7H2,1H3,(H,20,22)(H,25,26). The molecule has 1 aliphatic heterocycles. The van der Waals surface area contributed by atoms with Gasteiger partial charge in [-0.05, 0) is 18.6 Å². The van der Waals surface area contributed by atoms with Crippen LogP contribution < -0.4 is 5.32 Å². The number of thiol groups is 1. The summed E-state index contributed by atoms with van der Waals surface area (Å²) in [5.41, 5.74) is 0.301. The molecule has 27 heavy (non-hydrogen) atoms. The maximum Gasteiger partial charge on any atom is 0.408 e. The lowest BCUT2D eigenvalue weighted by atomic mass is 10.1. The fourth-order valence-electron chi connectivity index (χ4n) is 2.69. The minimum Gasteiger partial charge on any atom is -0.345 e. The van der Waals surface area contributed by atoms with Gasteiger partial charge in [0, 0.05) is 18.7 Å². The number of carbonyl (C=O) groups is 4. The number of hydrogen-bond donors (Lipinski definition) is 2. The highest BCUT2D eigenvalue weighted by Crippen LogP contribution is 2.31. The van der Waals surface area contributed by atoms with Gasteiger partial charge in [0.1, 0.15) is 6.04 Å². The van der Waals surface area contributed by atoms with Crippen LogP contribution in [-0.4, -0.2) is 51.1 Å². The molecule has 1 N–H and O–H groups in total. The molecule has 1 aromatic rings. The zero-order valence-corrected chi connectivity index (χ0v) is 15.7. The van der Waals surface area contributed by atoms with E-state index < -0.39 is 52.6 Å². The van der Waals surface area contributed by atoms with Gasteiger partial charge in [-0.2, -0.15) is 13.2 Å². The van der Waals surface area contributed by atoms with Crippen LogP contribution in [0.3, 0.4) is 0 Å². The van der Waals surface area contributed by atoms with Gasteiger partial charge in [-0.25, -0.2) is 0 Å². The third-order valence-electron chi connectivity index (χ3n) is 3.80. The number of carbonyl (C=O) groups excluding carboxylic acids is 4. The van der Waals surface area contributed by atoms with Gasteiger partial charge in [0.25, 0.3) is 11.8 Å². The van der Waals surface area contributed by atoms with Crippen LogP contribution in [0.4, 0.5) is 18.0 Å². The van der Waals surface area contributed by atoms with Crippen LogP contribution in [-0.2, 0) is 4.79 Å². The maximum absolute atomic E-state index is 13.2. The summed E-state index contributed by atoms with van der Waals surface area (Å²) in [5, 5.41) is 0.685. The molecule has 1 aromatic carbocycles. The molecule has 0 saturated heterocycles. The Labute approximate surface area is 162 Å². The fourth-order valence-corrected chi connectivity index (χ4v) is 3.94. The van der Waals surface area contributed by atoms with Crippen LogP contribution >= 0.6 is 24.4 Å². The van der Waals surface area contributed by atoms with Crippen LogP contribution in [0.15, 0.2) is 24.3 Å². The zero-order valence-electron chi connectivity index (χ0n) is 13.9. The third kappa shape index (κ3) is 5.25. The highest BCUT2D eigenvalue weighted by Gasteiger charge is 2.43. The molecule has 2 rings (SSSR count). The number of thioether (sulfide) groups is 1. The highest BCUT2D eigenvalue weighted by atomic mass is 32.2. The summed E-state index contributed by atoms with van der Waals surface area (Å²) in [6.45, 7) is 0.518. The van der Waals surface area contributed by atoms with Crippen molar-refractivity contribution in [3.8, 4) is 0 Å². The Balaban J connectivity index is 2.22. The molecule has 146 valence electrons. The van der Waals surface area contributed by atoms with Crippen LogP contribution in [0.5, 0.6) is 0 Å². The van der Waals surface area contributed by atoms with E-state index in [2.05, 4.69) is 12.6 Å². The van der Waals surface area contributed by atoms with Crippen LogP contribution in [0.25, 0.3) is 0 Å². The van der Waals surface area contributed by atoms with E-state index in [0.29, 0.717) is 11.8 Å². The molecule has 1 heterocycles.